The summed E-state index contributed by atoms with van der Waals surface area (Å²) < 4.78 is 7.44. The smallest absolute Gasteiger partial charge is 0.407 e. The van der Waals surface area contributed by atoms with Gasteiger partial charge in [0.05, 0.1) is 19.2 Å². The van der Waals surface area contributed by atoms with Gasteiger partial charge in [-0.2, -0.15) is 0 Å². The molecule has 1 aliphatic rings. The van der Waals surface area contributed by atoms with E-state index in [9.17, 15) is 14.7 Å². The molecule has 2 atom stereocenters. The van der Waals surface area contributed by atoms with Gasteiger partial charge in [0.15, 0.2) is 5.16 Å². The first-order valence-corrected chi connectivity index (χ1v) is 12.4. The number of thioether (sulfide) groups is 1. The van der Waals surface area contributed by atoms with Crippen molar-refractivity contribution in [3.8, 4) is 0 Å². The Morgan fingerprint density at radius 2 is 2.06 bits per heavy atom. The summed E-state index contributed by atoms with van der Waals surface area (Å²) in [6.45, 7) is 2.01. The largest absolute Gasteiger partial charge is 0.449 e. The number of aryl methyl sites for hydroxylation is 1. The molecule has 0 saturated heterocycles. The van der Waals surface area contributed by atoms with Crippen molar-refractivity contribution in [2.24, 2.45) is 12.5 Å². The maximum atomic E-state index is 12.2. The van der Waals surface area contributed by atoms with Gasteiger partial charge in [0.25, 0.3) is 5.91 Å². The molecule has 2 amide bonds. The number of amides is 2. The van der Waals surface area contributed by atoms with Crippen LogP contribution >= 0.6 is 11.8 Å². The zero-order valence-electron chi connectivity index (χ0n) is 19.3. The average molecular weight is 475 g/mol. The van der Waals surface area contributed by atoms with Gasteiger partial charge in [-0.15, -0.1) is 0 Å². The third-order valence-corrected chi connectivity index (χ3v) is 7.33. The van der Waals surface area contributed by atoms with Crippen LogP contribution in [0.4, 0.5) is 4.79 Å². The number of aliphatic hydroxyl groups is 1. The van der Waals surface area contributed by atoms with Gasteiger partial charge in [0.2, 0.25) is 0 Å². The monoisotopic (exact) mass is 474 g/mol. The number of nitrogens with one attached hydrogen (secondary N) is 2. The Kier molecular flexibility index (Phi) is 9.20. The fraction of sp³-hybridized carbons (Fsp3) is 0.542. The van der Waals surface area contributed by atoms with Crippen molar-refractivity contribution < 1.29 is 19.4 Å². The molecule has 8 nitrogen and oxygen atoms in total. The summed E-state index contributed by atoms with van der Waals surface area (Å²) in [5.41, 5.74) is 0.982. The number of imidazole rings is 1. The molecule has 0 radical (unpaired) electrons. The zero-order chi connectivity index (χ0) is 23.7. The third-order valence-electron chi connectivity index (χ3n) is 6.18. The minimum Gasteiger partial charge on any atom is -0.449 e. The van der Waals surface area contributed by atoms with Crippen LogP contribution in [0.15, 0.2) is 47.9 Å². The summed E-state index contributed by atoms with van der Waals surface area (Å²) in [5.74, 6) is 0.439. The summed E-state index contributed by atoms with van der Waals surface area (Å²) >= 11 is 1.74. The Hall–Kier alpha value is -2.52. The third kappa shape index (κ3) is 7.50. The number of alkyl carbamates (subject to hydrolysis) is 1. The van der Waals surface area contributed by atoms with E-state index in [0.29, 0.717) is 6.61 Å². The zero-order valence-corrected chi connectivity index (χ0v) is 20.1. The molecule has 1 saturated carbocycles. The van der Waals surface area contributed by atoms with E-state index in [1.54, 1.807) is 18.0 Å². The summed E-state index contributed by atoms with van der Waals surface area (Å²) in [6, 6.07) is 9.24. The summed E-state index contributed by atoms with van der Waals surface area (Å²) in [6.07, 6.45) is 7.07. The van der Waals surface area contributed by atoms with Gasteiger partial charge >= 0.3 is 6.09 Å². The second-order valence-corrected chi connectivity index (χ2v) is 9.80. The fourth-order valence-electron chi connectivity index (χ4n) is 3.92. The molecule has 3 N–H and O–H groups in total. The van der Waals surface area contributed by atoms with E-state index in [0.717, 1.165) is 48.6 Å². The van der Waals surface area contributed by atoms with E-state index in [4.69, 9.17) is 4.74 Å². The van der Waals surface area contributed by atoms with Crippen LogP contribution in [0.25, 0.3) is 0 Å². The van der Waals surface area contributed by atoms with Gasteiger partial charge in [0, 0.05) is 30.6 Å². The van der Waals surface area contributed by atoms with Gasteiger partial charge < -0.3 is 25.0 Å². The number of ether oxygens (including phenoxy) is 1. The van der Waals surface area contributed by atoms with Crippen molar-refractivity contribution in [1.29, 1.82) is 0 Å². The van der Waals surface area contributed by atoms with Crippen LogP contribution in [-0.4, -0.2) is 51.7 Å². The molecule has 1 heterocycles. The first-order chi connectivity index (χ1) is 15.9. The molecule has 1 fully saturated rings. The van der Waals surface area contributed by atoms with Crippen molar-refractivity contribution in [2.75, 3.05) is 18.9 Å². The van der Waals surface area contributed by atoms with Crippen LogP contribution < -0.4 is 10.6 Å². The summed E-state index contributed by atoms with van der Waals surface area (Å²) in [4.78, 5) is 28.7. The topological polar surface area (TPSA) is 105 Å². The lowest BCUT2D eigenvalue weighted by atomic mass is 9.67. The second-order valence-electron chi connectivity index (χ2n) is 8.74. The number of hydrogen-bond donors (Lipinski definition) is 3. The standard InChI is InChI=1S/C24H34N4O4S/c1-18(19-8-4-3-5-9-19)27-21(30)20(29)16-26-23(31)32-17-24(10-6-11-24)12-7-15-33-22-25-13-14-28(22)2/h3-5,8-9,13-14,18,20,29H,6-7,10-12,15-17H2,1-2H3,(H,26,31)(H,27,30)/t18-,20?/m1/s1. The van der Waals surface area contributed by atoms with Crippen LogP contribution in [0.1, 0.15) is 50.6 Å². The van der Waals surface area contributed by atoms with E-state index in [-0.39, 0.29) is 18.0 Å². The van der Waals surface area contributed by atoms with Crippen LogP contribution in [-0.2, 0) is 16.6 Å². The van der Waals surface area contributed by atoms with E-state index >= 15 is 0 Å². The SMILES string of the molecule is C[C@@H](NC(=O)C(O)CNC(=O)OCC1(CCCSc2nccn2C)CCC1)c1ccccc1. The number of aliphatic hydroxyl groups excluding tert-OH is 1. The molecule has 3 rings (SSSR count). The number of carbonyl (C=O) groups is 2. The predicted octanol–water partition coefficient (Wildman–Crippen LogP) is 3.43. The van der Waals surface area contributed by atoms with Gasteiger partial charge in [0.1, 0.15) is 6.10 Å². The second kappa shape index (κ2) is 12.1. The molecule has 0 spiro atoms. The number of hydrogen-bond acceptors (Lipinski definition) is 6. The van der Waals surface area contributed by atoms with Crippen LogP contribution in [0.3, 0.4) is 0 Å². The lowest BCUT2D eigenvalue weighted by molar-refractivity contribution is -0.129. The predicted molar refractivity (Wildman–Crippen MR) is 128 cm³/mol. The van der Waals surface area contributed by atoms with Crippen molar-refractivity contribution in [3.05, 3.63) is 48.3 Å². The molecular formula is C24H34N4O4S. The number of benzene rings is 1. The van der Waals surface area contributed by atoms with Crippen LogP contribution in [0.2, 0.25) is 0 Å². The van der Waals surface area contributed by atoms with Crippen molar-refractivity contribution >= 4 is 23.8 Å². The van der Waals surface area contributed by atoms with Crippen molar-refractivity contribution in [2.45, 2.75) is 56.3 Å². The van der Waals surface area contributed by atoms with E-state index in [1.165, 1.54) is 0 Å². The number of carbonyl (C=O) groups excluding carboxylic acids is 2. The van der Waals surface area contributed by atoms with Gasteiger partial charge in [-0.3, -0.25) is 4.79 Å². The molecule has 1 aromatic carbocycles. The van der Waals surface area contributed by atoms with Gasteiger partial charge in [-0.05, 0) is 38.2 Å². The molecule has 1 aliphatic carbocycles. The minimum absolute atomic E-state index is 0.0423. The first-order valence-electron chi connectivity index (χ1n) is 11.4. The van der Waals surface area contributed by atoms with Gasteiger partial charge in [-0.1, -0.05) is 48.5 Å². The molecule has 0 bridgehead atoms. The summed E-state index contributed by atoms with van der Waals surface area (Å²) in [5, 5.41) is 16.4. The van der Waals surface area contributed by atoms with Crippen LogP contribution in [0, 0.1) is 5.41 Å². The maximum Gasteiger partial charge on any atom is 0.407 e. The first kappa shape index (κ1) is 25.1. The Labute approximate surface area is 199 Å². The fourth-order valence-corrected chi connectivity index (χ4v) is 4.79. The number of nitrogens with zero attached hydrogens (tertiary/aromatic N) is 2. The lowest BCUT2D eigenvalue weighted by Gasteiger charge is -2.41. The average Bonchev–Trinajstić information content (AvgIpc) is 3.20. The number of rotatable bonds is 12. The maximum absolute atomic E-state index is 12.2. The Morgan fingerprint density at radius 1 is 1.30 bits per heavy atom. The van der Waals surface area contributed by atoms with Crippen molar-refractivity contribution in [3.63, 3.8) is 0 Å². The van der Waals surface area contributed by atoms with Gasteiger partial charge in [-0.25, -0.2) is 9.78 Å². The van der Waals surface area contributed by atoms with Crippen molar-refractivity contribution in [1.82, 2.24) is 20.2 Å². The lowest BCUT2D eigenvalue weighted by Crippen LogP contribution is -2.44. The molecule has 0 aliphatic heterocycles. The molecule has 1 unspecified atom stereocenters. The normalized spacial score (nSPS) is 16.3. The van der Waals surface area contributed by atoms with E-state index in [1.807, 2.05) is 55.1 Å². The molecular weight excluding hydrogens is 440 g/mol. The van der Waals surface area contributed by atoms with E-state index in [2.05, 4.69) is 15.6 Å². The highest BCUT2D eigenvalue weighted by molar-refractivity contribution is 7.99. The Morgan fingerprint density at radius 3 is 2.70 bits per heavy atom. The molecule has 9 heteroatoms. The molecule has 2 aromatic rings. The number of aromatic nitrogens is 2. The van der Waals surface area contributed by atoms with Crippen LogP contribution in [0.5, 0.6) is 0 Å². The Bertz CT molecular complexity index is 901. The summed E-state index contributed by atoms with van der Waals surface area (Å²) in [7, 11) is 1.99. The molecule has 1 aromatic heterocycles. The van der Waals surface area contributed by atoms with E-state index < -0.39 is 18.1 Å². The Balaban J connectivity index is 1.33. The molecule has 180 valence electrons. The highest BCUT2D eigenvalue weighted by Crippen LogP contribution is 2.45. The molecule has 33 heavy (non-hydrogen) atoms. The highest BCUT2D eigenvalue weighted by atomic mass is 32.2. The quantitative estimate of drug-likeness (QED) is 0.322. The highest BCUT2D eigenvalue weighted by Gasteiger charge is 2.37. The minimum atomic E-state index is -1.34.